The molecule has 7 N–H and O–H groups in total. The Kier molecular flexibility index (Phi) is 10.5. The van der Waals surface area contributed by atoms with Crippen molar-refractivity contribution in [3.63, 3.8) is 0 Å². The van der Waals surface area contributed by atoms with Crippen LogP contribution in [-0.2, 0) is 0 Å². The summed E-state index contributed by atoms with van der Waals surface area (Å²) in [5.74, 6) is 0. The summed E-state index contributed by atoms with van der Waals surface area (Å²) in [5, 5.41) is 29.1. The fourth-order valence-electron chi connectivity index (χ4n) is 1.06. The van der Waals surface area contributed by atoms with E-state index in [4.69, 9.17) is 30.0 Å². The molecule has 0 amide bonds. The highest BCUT2D eigenvalue weighted by Gasteiger charge is 1.94. The number of hydrogen-bond donors (Lipinski definition) is 5. The minimum atomic E-state index is -1.83. The number of pyridine rings is 1. The summed E-state index contributed by atoms with van der Waals surface area (Å²) >= 11 is 3.46. The Morgan fingerprint density at radius 1 is 0.950 bits per heavy atom. The van der Waals surface area contributed by atoms with Gasteiger partial charge in [-0.1, -0.05) is 34.1 Å². The normalized spacial score (nSPS) is 8.05. The average molecular weight is 349 g/mol. The molecule has 0 aliphatic carbocycles. The van der Waals surface area contributed by atoms with Crippen molar-refractivity contribution in [1.82, 2.24) is 11.1 Å². The van der Waals surface area contributed by atoms with Crippen LogP contribution in [0.2, 0.25) is 0 Å². The van der Waals surface area contributed by atoms with Crippen molar-refractivity contribution >= 4 is 39.1 Å². The van der Waals surface area contributed by atoms with Gasteiger partial charge in [0, 0.05) is 16.1 Å². The van der Waals surface area contributed by atoms with Gasteiger partial charge in [0.05, 0.1) is 5.52 Å². The largest absolute Gasteiger partial charge is 0.503 e. The first-order valence-corrected chi connectivity index (χ1v) is 5.47. The third kappa shape index (κ3) is 9.62. The monoisotopic (exact) mass is 348 g/mol. The fourth-order valence-corrected chi connectivity index (χ4v) is 1.51. The smallest absolute Gasteiger partial charge is 0.450 e. The second kappa shape index (κ2) is 10.5. The first kappa shape index (κ1) is 19.9. The standard InChI is InChI=1S/C9H6BrN.2CH2O3.H3N/c10-8-5-6-11-9-4-2-1-3-7(8)9;2*2-1(3)4;/h1-6H;2*(H2,2,3,4);1H3. The van der Waals surface area contributed by atoms with Crippen LogP contribution in [-0.4, -0.2) is 37.7 Å². The Hall–Kier alpha value is -2.39. The van der Waals surface area contributed by atoms with E-state index in [1.807, 2.05) is 30.3 Å². The third-order valence-corrected chi connectivity index (χ3v) is 2.29. The Balaban J connectivity index is 0. The summed E-state index contributed by atoms with van der Waals surface area (Å²) in [6.07, 6.45) is -1.87. The number of para-hydroxylation sites is 1. The van der Waals surface area contributed by atoms with Crippen LogP contribution < -0.4 is 6.15 Å². The van der Waals surface area contributed by atoms with Crippen molar-refractivity contribution < 1.29 is 30.0 Å². The van der Waals surface area contributed by atoms with Crippen molar-refractivity contribution in [3.8, 4) is 0 Å². The SMILES string of the molecule is Brc1ccnc2ccccc12.N.O=C(O)O.O=C(O)O. The molecule has 0 radical (unpaired) electrons. The second-order valence-electron chi connectivity index (χ2n) is 2.88. The zero-order valence-corrected chi connectivity index (χ0v) is 11.7. The molecule has 110 valence electrons. The first-order chi connectivity index (χ1) is 8.84. The molecule has 0 spiro atoms. The summed E-state index contributed by atoms with van der Waals surface area (Å²) in [6.45, 7) is 0. The molecule has 0 bridgehead atoms. The lowest BCUT2D eigenvalue weighted by Gasteiger charge is -1.96. The summed E-state index contributed by atoms with van der Waals surface area (Å²) in [7, 11) is 0. The minimum absolute atomic E-state index is 0. The van der Waals surface area contributed by atoms with Gasteiger partial charge in [0.25, 0.3) is 0 Å². The van der Waals surface area contributed by atoms with Gasteiger partial charge in [-0.15, -0.1) is 0 Å². The maximum absolute atomic E-state index is 8.56. The molecule has 1 heterocycles. The number of carboxylic acid groups (broad SMARTS) is 4. The number of hydrogen-bond acceptors (Lipinski definition) is 4. The number of rotatable bonds is 0. The van der Waals surface area contributed by atoms with Gasteiger partial charge >= 0.3 is 12.3 Å². The number of aromatic nitrogens is 1. The molecule has 0 fully saturated rings. The van der Waals surface area contributed by atoms with Crippen LogP contribution >= 0.6 is 15.9 Å². The average Bonchev–Trinajstić information content (AvgIpc) is 2.28. The number of halogens is 1. The molecule has 2 rings (SSSR count). The number of fused-ring (bicyclic) bond motifs is 1. The third-order valence-electron chi connectivity index (χ3n) is 1.60. The molecule has 1 aromatic carbocycles. The van der Waals surface area contributed by atoms with Crippen molar-refractivity contribution in [2.45, 2.75) is 0 Å². The van der Waals surface area contributed by atoms with Crippen LogP contribution in [0.5, 0.6) is 0 Å². The van der Waals surface area contributed by atoms with Crippen LogP contribution in [0, 0.1) is 0 Å². The fraction of sp³-hybridized carbons (Fsp3) is 0. The highest BCUT2D eigenvalue weighted by Crippen LogP contribution is 2.20. The molecule has 20 heavy (non-hydrogen) atoms. The Morgan fingerprint density at radius 3 is 1.85 bits per heavy atom. The van der Waals surface area contributed by atoms with Crippen LogP contribution in [0.4, 0.5) is 9.59 Å². The van der Waals surface area contributed by atoms with Gasteiger partial charge < -0.3 is 26.6 Å². The lowest BCUT2D eigenvalue weighted by atomic mass is 10.2. The molecule has 0 aliphatic heterocycles. The van der Waals surface area contributed by atoms with E-state index in [-0.39, 0.29) is 6.15 Å². The summed E-state index contributed by atoms with van der Waals surface area (Å²) < 4.78 is 1.10. The molecule has 8 nitrogen and oxygen atoms in total. The van der Waals surface area contributed by atoms with Gasteiger partial charge in [-0.3, -0.25) is 4.98 Å². The Bertz CT molecular complexity index is 538. The van der Waals surface area contributed by atoms with Gasteiger partial charge in [0.15, 0.2) is 0 Å². The van der Waals surface area contributed by atoms with E-state index >= 15 is 0 Å². The second-order valence-corrected chi connectivity index (χ2v) is 3.73. The van der Waals surface area contributed by atoms with E-state index < -0.39 is 12.3 Å². The van der Waals surface area contributed by atoms with Gasteiger partial charge in [-0.2, -0.15) is 0 Å². The number of carbonyl (C=O) groups is 2. The van der Waals surface area contributed by atoms with Crippen molar-refractivity contribution in [2.75, 3.05) is 0 Å². The van der Waals surface area contributed by atoms with Gasteiger partial charge in [0.2, 0.25) is 0 Å². The minimum Gasteiger partial charge on any atom is -0.450 e. The first-order valence-electron chi connectivity index (χ1n) is 4.67. The predicted octanol–water partition coefficient (Wildman–Crippen LogP) is 3.60. The van der Waals surface area contributed by atoms with Crippen molar-refractivity contribution in [1.29, 1.82) is 0 Å². The molecular formula is C11H13BrN2O6. The highest BCUT2D eigenvalue weighted by molar-refractivity contribution is 9.10. The van der Waals surface area contributed by atoms with E-state index in [0.29, 0.717) is 0 Å². The lowest BCUT2D eigenvalue weighted by Crippen LogP contribution is -1.81. The quantitative estimate of drug-likeness (QED) is 0.481. The molecule has 0 saturated carbocycles. The maximum Gasteiger partial charge on any atom is 0.503 e. The number of benzene rings is 1. The summed E-state index contributed by atoms with van der Waals surface area (Å²) in [6, 6.07) is 9.99. The van der Waals surface area contributed by atoms with Crippen LogP contribution in [0.25, 0.3) is 10.9 Å². The Labute approximate surface area is 122 Å². The van der Waals surface area contributed by atoms with E-state index in [9.17, 15) is 0 Å². The van der Waals surface area contributed by atoms with Crippen molar-refractivity contribution in [3.05, 3.63) is 41.0 Å². The lowest BCUT2D eigenvalue weighted by molar-refractivity contribution is 0.135. The molecule has 9 heteroatoms. The van der Waals surface area contributed by atoms with E-state index in [2.05, 4.69) is 20.9 Å². The van der Waals surface area contributed by atoms with Crippen LogP contribution in [0.1, 0.15) is 0 Å². The molecule has 0 saturated heterocycles. The zero-order chi connectivity index (χ0) is 14.8. The Morgan fingerprint density at radius 2 is 1.40 bits per heavy atom. The summed E-state index contributed by atoms with van der Waals surface area (Å²) in [5.41, 5.74) is 1.03. The van der Waals surface area contributed by atoms with Gasteiger partial charge in [-0.05, 0) is 12.1 Å². The van der Waals surface area contributed by atoms with Crippen LogP contribution in [0.3, 0.4) is 0 Å². The molecule has 0 aliphatic rings. The highest BCUT2D eigenvalue weighted by atomic mass is 79.9. The van der Waals surface area contributed by atoms with E-state index in [1.165, 1.54) is 0 Å². The van der Waals surface area contributed by atoms with Gasteiger partial charge in [-0.25, -0.2) is 9.59 Å². The van der Waals surface area contributed by atoms with E-state index in [0.717, 1.165) is 15.4 Å². The van der Waals surface area contributed by atoms with Gasteiger partial charge in [0.1, 0.15) is 0 Å². The summed E-state index contributed by atoms with van der Waals surface area (Å²) in [4.78, 5) is 21.3. The van der Waals surface area contributed by atoms with E-state index in [1.54, 1.807) is 6.20 Å². The zero-order valence-electron chi connectivity index (χ0n) is 10.1. The molecule has 0 unspecified atom stereocenters. The molecular weight excluding hydrogens is 336 g/mol. The predicted molar refractivity (Wildman–Crippen MR) is 75.8 cm³/mol. The molecule has 0 atom stereocenters. The van der Waals surface area contributed by atoms with Crippen LogP contribution in [0.15, 0.2) is 41.0 Å². The number of nitrogens with zero attached hydrogens (tertiary/aromatic N) is 1. The molecule has 1 aromatic heterocycles. The molecule has 2 aromatic rings. The topological polar surface area (TPSA) is 163 Å². The maximum atomic E-state index is 8.56. The van der Waals surface area contributed by atoms with Crippen molar-refractivity contribution in [2.24, 2.45) is 0 Å².